The summed E-state index contributed by atoms with van der Waals surface area (Å²) in [7, 11) is 0. The van der Waals surface area contributed by atoms with Crippen molar-refractivity contribution >= 4 is 38.9 Å². The second kappa shape index (κ2) is 7.37. The molecule has 27 heavy (non-hydrogen) atoms. The fourth-order valence-electron chi connectivity index (χ4n) is 2.34. The van der Waals surface area contributed by atoms with Crippen LogP contribution in [0.2, 0.25) is 0 Å². The summed E-state index contributed by atoms with van der Waals surface area (Å²) in [5.74, 6) is 1.26. The van der Waals surface area contributed by atoms with E-state index in [0.717, 1.165) is 16.1 Å². The van der Waals surface area contributed by atoms with Gasteiger partial charge in [-0.05, 0) is 22.9 Å². The lowest BCUT2D eigenvalue weighted by molar-refractivity contribution is 0.809. The van der Waals surface area contributed by atoms with Crippen molar-refractivity contribution in [2.24, 2.45) is 0 Å². The number of nitrogens with two attached hydrogens (primary N) is 1. The van der Waals surface area contributed by atoms with Crippen LogP contribution < -0.4 is 11.1 Å². The Balaban J connectivity index is 1.63. The minimum atomic E-state index is 0.320. The van der Waals surface area contributed by atoms with Gasteiger partial charge in [0, 0.05) is 29.0 Å². The molecule has 0 aliphatic rings. The lowest BCUT2D eigenvalue weighted by Crippen LogP contribution is -2.10. The third kappa shape index (κ3) is 3.64. The van der Waals surface area contributed by atoms with Gasteiger partial charge in [-0.15, -0.1) is 11.3 Å². The van der Waals surface area contributed by atoms with Gasteiger partial charge in [0.05, 0.1) is 35.8 Å². The standard InChI is InChI=1S/C16H14BrN9S/c1-9-12(27-8-22-9)6-21-15-13(17)14(18)24-16(25-15)26-7-10(4-23-26)11-5-19-2-3-20-11/h2-5,7-8H,6H2,1H3,(H3,18,21,24,25). The third-order valence-corrected chi connectivity index (χ3v) is 5.49. The van der Waals surface area contributed by atoms with Gasteiger partial charge in [0.1, 0.15) is 16.1 Å². The molecule has 0 spiro atoms. The average molecular weight is 444 g/mol. The van der Waals surface area contributed by atoms with E-state index in [1.807, 2.05) is 12.4 Å². The zero-order valence-electron chi connectivity index (χ0n) is 14.2. The van der Waals surface area contributed by atoms with Crippen LogP contribution in [0.15, 0.2) is 41.0 Å². The highest BCUT2D eigenvalue weighted by molar-refractivity contribution is 9.10. The molecule has 136 valence electrons. The van der Waals surface area contributed by atoms with E-state index in [0.29, 0.717) is 34.3 Å². The smallest absolute Gasteiger partial charge is 0.254 e. The van der Waals surface area contributed by atoms with Gasteiger partial charge in [-0.1, -0.05) is 0 Å². The molecule has 0 saturated heterocycles. The van der Waals surface area contributed by atoms with E-state index in [-0.39, 0.29) is 0 Å². The number of nitrogens with zero attached hydrogens (tertiary/aromatic N) is 7. The highest BCUT2D eigenvalue weighted by Crippen LogP contribution is 2.27. The zero-order chi connectivity index (χ0) is 18.8. The summed E-state index contributed by atoms with van der Waals surface area (Å²) in [6, 6.07) is 0. The Hall–Kier alpha value is -2.92. The molecule has 0 fully saturated rings. The Morgan fingerprint density at radius 2 is 2.11 bits per heavy atom. The summed E-state index contributed by atoms with van der Waals surface area (Å²) in [5, 5.41) is 7.59. The van der Waals surface area contributed by atoms with Crippen LogP contribution >= 0.6 is 27.3 Å². The summed E-state index contributed by atoms with van der Waals surface area (Å²) in [6.07, 6.45) is 8.38. The maximum absolute atomic E-state index is 6.04. The maximum Gasteiger partial charge on any atom is 0.254 e. The van der Waals surface area contributed by atoms with Gasteiger partial charge < -0.3 is 11.1 Å². The Kier molecular flexibility index (Phi) is 4.77. The van der Waals surface area contributed by atoms with Gasteiger partial charge in [-0.25, -0.2) is 9.67 Å². The first-order chi connectivity index (χ1) is 13.1. The molecule has 0 amide bonds. The second-order valence-corrected chi connectivity index (χ2v) is 7.28. The van der Waals surface area contributed by atoms with E-state index in [1.165, 1.54) is 0 Å². The van der Waals surface area contributed by atoms with Crippen LogP contribution in [-0.4, -0.2) is 34.7 Å². The lowest BCUT2D eigenvalue weighted by Gasteiger charge is -2.10. The number of aryl methyl sites for hydroxylation is 1. The van der Waals surface area contributed by atoms with Crippen LogP contribution in [-0.2, 0) is 6.54 Å². The Morgan fingerprint density at radius 3 is 2.85 bits per heavy atom. The minimum Gasteiger partial charge on any atom is -0.383 e. The van der Waals surface area contributed by atoms with E-state index in [2.05, 4.69) is 51.3 Å². The molecule has 4 heterocycles. The number of aromatic nitrogens is 7. The van der Waals surface area contributed by atoms with Crippen molar-refractivity contribution in [3.63, 3.8) is 0 Å². The topological polar surface area (TPSA) is 120 Å². The highest BCUT2D eigenvalue weighted by atomic mass is 79.9. The van der Waals surface area contributed by atoms with Gasteiger partial charge in [-0.3, -0.25) is 9.97 Å². The predicted octanol–water partition coefficient (Wildman–Crippen LogP) is 2.84. The molecular weight excluding hydrogens is 430 g/mol. The number of halogens is 1. The average Bonchev–Trinajstić information content (AvgIpc) is 3.33. The Labute approximate surface area is 166 Å². The van der Waals surface area contributed by atoms with Crippen LogP contribution in [0.25, 0.3) is 17.2 Å². The van der Waals surface area contributed by atoms with Gasteiger partial charge >= 0.3 is 0 Å². The summed E-state index contributed by atoms with van der Waals surface area (Å²) in [4.78, 5) is 22.6. The first kappa shape index (κ1) is 17.5. The van der Waals surface area contributed by atoms with Crippen molar-refractivity contribution in [2.45, 2.75) is 13.5 Å². The molecule has 0 aliphatic heterocycles. The highest BCUT2D eigenvalue weighted by Gasteiger charge is 2.14. The van der Waals surface area contributed by atoms with Crippen LogP contribution in [0.1, 0.15) is 10.6 Å². The van der Waals surface area contributed by atoms with Crippen molar-refractivity contribution in [2.75, 3.05) is 11.1 Å². The molecule has 3 N–H and O–H groups in total. The van der Waals surface area contributed by atoms with Crippen molar-refractivity contribution < 1.29 is 0 Å². The first-order valence-electron chi connectivity index (χ1n) is 7.89. The van der Waals surface area contributed by atoms with E-state index in [1.54, 1.807) is 47.0 Å². The third-order valence-electron chi connectivity index (χ3n) is 3.77. The number of nitrogen functional groups attached to an aromatic ring is 1. The van der Waals surface area contributed by atoms with Crippen molar-refractivity contribution in [1.82, 2.24) is 34.7 Å². The fraction of sp³-hybridized carbons (Fsp3) is 0.125. The summed E-state index contributed by atoms with van der Waals surface area (Å²) in [5.41, 5.74) is 10.4. The number of anilines is 2. The molecule has 4 aromatic rings. The summed E-state index contributed by atoms with van der Waals surface area (Å²) >= 11 is 5.03. The molecule has 0 saturated carbocycles. The first-order valence-corrected chi connectivity index (χ1v) is 9.56. The molecule has 0 bridgehead atoms. The normalized spacial score (nSPS) is 10.9. The number of nitrogens with one attached hydrogen (secondary N) is 1. The molecule has 4 aromatic heterocycles. The summed E-state index contributed by atoms with van der Waals surface area (Å²) in [6.45, 7) is 2.56. The number of hydrogen-bond acceptors (Lipinski definition) is 9. The molecule has 0 radical (unpaired) electrons. The van der Waals surface area contributed by atoms with Crippen molar-refractivity contribution in [3.05, 3.63) is 51.5 Å². The molecule has 4 rings (SSSR count). The largest absolute Gasteiger partial charge is 0.383 e. The van der Waals surface area contributed by atoms with E-state index in [4.69, 9.17) is 5.73 Å². The monoisotopic (exact) mass is 443 g/mol. The molecule has 0 aromatic carbocycles. The van der Waals surface area contributed by atoms with E-state index < -0.39 is 0 Å². The van der Waals surface area contributed by atoms with Crippen LogP contribution in [0, 0.1) is 6.92 Å². The lowest BCUT2D eigenvalue weighted by atomic mass is 10.3. The fourth-order valence-corrected chi connectivity index (χ4v) is 3.38. The molecular formula is C16H14BrN9S. The van der Waals surface area contributed by atoms with Crippen molar-refractivity contribution in [3.8, 4) is 17.2 Å². The molecule has 0 atom stereocenters. The van der Waals surface area contributed by atoms with Crippen LogP contribution in [0.3, 0.4) is 0 Å². The van der Waals surface area contributed by atoms with Gasteiger partial charge in [0.25, 0.3) is 5.95 Å². The van der Waals surface area contributed by atoms with Crippen LogP contribution in [0.4, 0.5) is 11.6 Å². The predicted molar refractivity (Wildman–Crippen MR) is 106 cm³/mol. The summed E-state index contributed by atoms with van der Waals surface area (Å²) < 4.78 is 2.16. The van der Waals surface area contributed by atoms with Gasteiger partial charge in [-0.2, -0.15) is 15.1 Å². The van der Waals surface area contributed by atoms with E-state index in [9.17, 15) is 0 Å². The van der Waals surface area contributed by atoms with E-state index >= 15 is 0 Å². The Morgan fingerprint density at radius 1 is 1.22 bits per heavy atom. The molecule has 11 heteroatoms. The van der Waals surface area contributed by atoms with Crippen molar-refractivity contribution in [1.29, 1.82) is 0 Å². The SMILES string of the molecule is Cc1ncsc1CNc1nc(-n2cc(-c3cnccn3)cn2)nc(N)c1Br. The number of thiazole rings is 1. The molecule has 0 unspecified atom stereocenters. The minimum absolute atomic E-state index is 0.320. The number of hydrogen-bond donors (Lipinski definition) is 2. The van der Waals surface area contributed by atoms with Crippen LogP contribution in [0.5, 0.6) is 0 Å². The maximum atomic E-state index is 6.04. The number of rotatable bonds is 5. The quantitative estimate of drug-likeness (QED) is 0.482. The second-order valence-electron chi connectivity index (χ2n) is 5.55. The van der Waals surface area contributed by atoms with Gasteiger partial charge in [0.15, 0.2) is 0 Å². The molecule has 0 aliphatic carbocycles. The van der Waals surface area contributed by atoms with Gasteiger partial charge in [0.2, 0.25) is 0 Å². The molecule has 9 nitrogen and oxygen atoms in total. The Bertz CT molecular complexity index is 1080. The zero-order valence-corrected chi connectivity index (χ0v) is 16.6.